The van der Waals surface area contributed by atoms with Crippen molar-refractivity contribution in [3.63, 3.8) is 0 Å². The van der Waals surface area contributed by atoms with Crippen LogP contribution in [0.15, 0.2) is 18.2 Å². The van der Waals surface area contributed by atoms with Crippen molar-refractivity contribution in [2.75, 3.05) is 13.1 Å². The average molecular weight is 259 g/mol. The quantitative estimate of drug-likeness (QED) is 0.783. The molecule has 1 unspecified atom stereocenters. The van der Waals surface area contributed by atoms with E-state index in [2.05, 4.69) is 4.90 Å². The molecular weight excluding hydrogens is 238 g/mol. The molecule has 0 aliphatic carbocycles. The van der Waals surface area contributed by atoms with Crippen molar-refractivity contribution in [3.8, 4) is 0 Å². The molecule has 1 aliphatic rings. The van der Waals surface area contributed by atoms with Crippen molar-refractivity contribution in [1.82, 2.24) is 4.90 Å². The van der Waals surface area contributed by atoms with Crippen LogP contribution < -0.4 is 0 Å². The first-order chi connectivity index (χ1) is 8.99. The molecule has 1 saturated heterocycles. The van der Waals surface area contributed by atoms with Crippen LogP contribution in [0, 0.1) is 13.8 Å². The van der Waals surface area contributed by atoms with Crippen molar-refractivity contribution in [1.29, 1.82) is 0 Å². The Morgan fingerprint density at radius 3 is 2.47 bits per heavy atom. The fourth-order valence-corrected chi connectivity index (χ4v) is 2.55. The van der Waals surface area contributed by atoms with Gasteiger partial charge < -0.3 is 0 Å². The number of Topliss-reactive ketones (excluding diaryl/α,β-unsaturated/α-hetero) is 2. The third kappa shape index (κ3) is 3.10. The SMILES string of the molecule is Cc1ccc(C)c(C(=O)C(C)N2CCC(=O)CC2)c1. The van der Waals surface area contributed by atoms with Crippen LogP contribution in [0.3, 0.4) is 0 Å². The smallest absolute Gasteiger partial charge is 0.179 e. The summed E-state index contributed by atoms with van der Waals surface area (Å²) >= 11 is 0. The summed E-state index contributed by atoms with van der Waals surface area (Å²) in [5, 5.41) is 0. The van der Waals surface area contributed by atoms with Gasteiger partial charge in [-0.05, 0) is 32.4 Å². The van der Waals surface area contributed by atoms with Crippen molar-refractivity contribution in [2.45, 2.75) is 39.7 Å². The van der Waals surface area contributed by atoms with Gasteiger partial charge in [-0.2, -0.15) is 0 Å². The number of piperidine rings is 1. The molecule has 0 aromatic heterocycles. The maximum Gasteiger partial charge on any atom is 0.179 e. The van der Waals surface area contributed by atoms with Gasteiger partial charge in [0.2, 0.25) is 0 Å². The van der Waals surface area contributed by atoms with Crippen molar-refractivity contribution < 1.29 is 9.59 Å². The Morgan fingerprint density at radius 1 is 1.21 bits per heavy atom. The fraction of sp³-hybridized carbons (Fsp3) is 0.500. The van der Waals surface area contributed by atoms with Gasteiger partial charge in [0.05, 0.1) is 6.04 Å². The number of likely N-dealkylation sites (tertiary alicyclic amines) is 1. The number of carbonyl (C=O) groups is 2. The van der Waals surface area contributed by atoms with Crippen LogP contribution in [0.1, 0.15) is 41.3 Å². The molecular formula is C16H21NO2. The molecule has 1 heterocycles. The van der Waals surface area contributed by atoms with E-state index in [4.69, 9.17) is 0 Å². The Balaban J connectivity index is 2.14. The predicted octanol–water partition coefficient (Wildman–Crippen LogP) is 2.54. The molecule has 1 aliphatic heterocycles. The molecule has 102 valence electrons. The van der Waals surface area contributed by atoms with Crippen molar-refractivity contribution in [2.24, 2.45) is 0 Å². The van der Waals surface area contributed by atoms with Crippen LogP contribution in [0.5, 0.6) is 0 Å². The summed E-state index contributed by atoms with van der Waals surface area (Å²) < 4.78 is 0. The summed E-state index contributed by atoms with van der Waals surface area (Å²) in [7, 11) is 0. The first kappa shape index (κ1) is 13.9. The van der Waals surface area contributed by atoms with Gasteiger partial charge in [0.1, 0.15) is 5.78 Å². The summed E-state index contributed by atoms with van der Waals surface area (Å²) in [6.45, 7) is 7.33. The Hall–Kier alpha value is -1.48. The summed E-state index contributed by atoms with van der Waals surface area (Å²) in [5.74, 6) is 0.471. The average Bonchev–Trinajstić information content (AvgIpc) is 2.41. The highest BCUT2D eigenvalue weighted by Crippen LogP contribution is 2.17. The van der Waals surface area contributed by atoms with E-state index in [0.29, 0.717) is 31.7 Å². The number of hydrogen-bond acceptors (Lipinski definition) is 3. The topological polar surface area (TPSA) is 37.4 Å². The lowest BCUT2D eigenvalue weighted by atomic mass is 9.96. The highest BCUT2D eigenvalue weighted by atomic mass is 16.1. The number of aryl methyl sites for hydroxylation is 2. The number of hydrogen-bond donors (Lipinski definition) is 0. The molecule has 1 aromatic rings. The third-order valence-electron chi connectivity index (χ3n) is 3.94. The minimum atomic E-state index is -0.145. The standard InChI is InChI=1S/C16H21NO2/c1-11-4-5-12(2)15(10-11)16(19)13(3)17-8-6-14(18)7-9-17/h4-5,10,13H,6-9H2,1-3H3. The minimum absolute atomic E-state index is 0.145. The second kappa shape index (κ2) is 5.66. The van der Waals surface area contributed by atoms with Gasteiger partial charge in [0.15, 0.2) is 5.78 Å². The van der Waals surface area contributed by atoms with Gasteiger partial charge in [-0.3, -0.25) is 14.5 Å². The van der Waals surface area contributed by atoms with Gasteiger partial charge in [-0.25, -0.2) is 0 Å². The highest BCUT2D eigenvalue weighted by Gasteiger charge is 2.26. The molecule has 0 N–H and O–H groups in total. The summed E-state index contributed by atoms with van der Waals surface area (Å²) in [6, 6.07) is 5.84. The molecule has 3 nitrogen and oxygen atoms in total. The first-order valence-electron chi connectivity index (χ1n) is 6.86. The second-order valence-corrected chi connectivity index (χ2v) is 5.43. The normalized spacial score (nSPS) is 18.4. The maximum absolute atomic E-state index is 12.6. The van der Waals surface area contributed by atoms with Crippen LogP contribution >= 0.6 is 0 Å². The van der Waals surface area contributed by atoms with Crippen LogP contribution in [0.4, 0.5) is 0 Å². The van der Waals surface area contributed by atoms with E-state index < -0.39 is 0 Å². The molecule has 1 fully saturated rings. The van der Waals surface area contributed by atoms with Crippen LogP contribution in [0.2, 0.25) is 0 Å². The second-order valence-electron chi connectivity index (χ2n) is 5.43. The molecule has 0 saturated carbocycles. The van der Waals surface area contributed by atoms with Gasteiger partial charge in [-0.15, -0.1) is 0 Å². The number of rotatable bonds is 3. The van der Waals surface area contributed by atoms with Gasteiger partial charge in [-0.1, -0.05) is 17.7 Å². The molecule has 0 radical (unpaired) electrons. The van der Waals surface area contributed by atoms with Crippen LogP contribution in [-0.2, 0) is 4.79 Å². The van der Waals surface area contributed by atoms with Gasteiger partial charge in [0, 0.05) is 31.5 Å². The Kier molecular flexibility index (Phi) is 4.15. The van der Waals surface area contributed by atoms with E-state index >= 15 is 0 Å². The summed E-state index contributed by atoms with van der Waals surface area (Å²) in [4.78, 5) is 25.9. The zero-order chi connectivity index (χ0) is 14.0. The highest BCUT2D eigenvalue weighted by molar-refractivity contribution is 6.01. The Labute approximate surface area is 114 Å². The Bertz CT molecular complexity index is 497. The minimum Gasteiger partial charge on any atom is -0.300 e. The molecule has 2 rings (SSSR count). The number of carbonyl (C=O) groups excluding carboxylic acids is 2. The monoisotopic (exact) mass is 259 g/mol. The molecule has 0 spiro atoms. The lowest BCUT2D eigenvalue weighted by Crippen LogP contribution is -2.44. The lowest BCUT2D eigenvalue weighted by molar-refractivity contribution is -0.121. The lowest BCUT2D eigenvalue weighted by Gasteiger charge is -2.31. The van der Waals surface area contributed by atoms with E-state index in [1.807, 2.05) is 39.0 Å². The van der Waals surface area contributed by atoms with E-state index in [1.54, 1.807) is 0 Å². The van der Waals surface area contributed by atoms with Crippen LogP contribution in [0.25, 0.3) is 0 Å². The largest absolute Gasteiger partial charge is 0.300 e. The summed E-state index contributed by atoms with van der Waals surface area (Å²) in [5.41, 5.74) is 2.94. The Morgan fingerprint density at radius 2 is 1.84 bits per heavy atom. The zero-order valence-electron chi connectivity index (χ0n) is 11.9. The predicted molar refractivity (Wildman–Crippen MR) is 75.5 cm³/mol. The molecule has 19 heavy (non-hydrogen) atoms. The van der Waals surface area contributed by atoms with E-state index in [1.165, 1.54) is 0 Å². The van der Waals surface area contributed by atoms with E-state index in [0.717, 1.165) is 16.7 Å². The number of nitrogens with zero attached hydrogens (tertiary/aromatic N) is 1. The maximum atomic E-state index is 12.6. The molecule has 1 atom stereocenters. The fourth-order valence-electron chi connectivity index (χ4n) is 2.55. The van der Waals surface area contributed by atoms with E-state index in [9.17, 15) is 9.59 Å². The first-order valence-corrected chi connectivity index (χ1v) is 6.86. The summed E-state index contributed by atoms with van der Waals surface area (Å²) in [6.07, 6.45) is 1.15. The van der Waals surface area contributed by atoms with E-state index in [-0.39, 0.29) is 11.8 Å². The number of benzene rings is 1. The third-order valence-corrected chi connectivity index (χ3v) is 3.94. The van der Waals surface area contributed by atoms with Gasteiger partial charge in [0.25, 0.3) is 0 Å². The van der Waals surface area contributed by atoms with Crippen molar-refractivity contribution >= 4 is 11.6 Å². The van der Waals surface area contributed by atoms with Crippen molar-refractivity contribution in [3.05, 3.63) is 34.9 Å². The van der Waals surface area contributed by atoms with Gasteiger partial charge >= 0.3 is 0 Å². The van der Waals surface area contributed by atoms with Crippen LogP contribution in [-0.4, -0.2) is 35.6 Å². The zero-order valence-corrected chi connectivity index (χ0v) is 11.9. The molecule has 3 heteroatoms. The molecule has 1 aromatic carbocycles. The molecule has 0 bridgehead atoms. The number of ketones is 2. The molecule has 0 amide bonds.